The van der Waals surface area contributed by atoms with Crippen molar-refractivity contribution in [3.63, 3.8) is 0 Å². The summed E-state index contributed by atoms with van der Waals surface area (Å²) >= 11 is 1.81. The maximum atomic E-state index is 5.62. The summed E-state index contributed by atoms with van der Waals surface area (Å²) in [6, 6.07) is 10.6. The number of nitrogens with two attached hydrogens (primary N) is 1. The third kappa shape index (κ3) is 1.99. The average Bonchev–Trinajstić information content (AvgIpc) is 2.97. The van der Waals surface area contributed by atoms with Gasteiger partial charge in [-0.05, 0) is 34.0 Å². The van der Waals surface area contributed by atoms with E-state index in [2.05, 4.69) is 52.7 Å². The quantitative estimate of drug-likeness (QED) is 0.751. The normalized spacial score (nSPS) is 11.1. The predicted octanol–water partition coefficient (Wildman–Crippen LogP) is 3.21. The number of hydrogen-bond donors (Lipinski definition) is 1. The van der Waals surface area contributed by atoms with E-state index in [1.54, 1.807) is 0 Å². The lowest BCUT2D eigenvalue weighted by Gasteiger charge is -2.01. The van der Waals surface area contributed by atoms with Crippen molar-refractivity contribution in [2.24, 2.45) is 5.73 Å². The van der Waals surface area contributed by atoms with Crippen molar-refractivity contribution in [1.82, 2.24) is 4.57 Å². The van der Waals surface area contributed by atoms with Gasteiger partial charge in [0, 0.05) is 30.2 Å². The van der Waals surface area contributed by atoms with Crippen molar-refractivity contribution < 1.29 is 0 Å². The van der Waals surface area contributed by atoms with Gasteiger partial charge in [-0.2, -0.15) is 0 Å². The fraction of sp³-hybridized carbons (Fsp3) is 0.143. The summed E-state index contributed by atoms with van der Waals surface area (Å²) in [4.78, 5) is 0. The van der Waals surface area contributed by atoms with Gasteiger partial charge in [-0.15, -0.1) is 11.3 Å². The highest BCUT2D eigenvalue weighted by Crippen LogP contribution is 2.26. The number of thiophene rings is 1. The minimum absolute atomic E-state index is 0.609. The lowest BCUT2D eigenvalue weighted by molar-refractivity contribution is 0.809. The molecule has 3 aromatic rings. The van der Waals surface area contributed by atoms with Crippen molar-refractivity contribution in [3.8, 4) is 0 Å². The summed E-state index contributed by atoms with van der Waals surface area (Å²) in [6.45, 7) is 1.53. The Morgan fingerprint density at radius 2 is 2.06 bits per heavy atom. The van der Waals surface area contributed by atoms with Crippen molar-refractivity contribution in [1.29, 1.82) is 0 Å². The van der Waals surface area contributed by atoms with Crippen LogP contribution in [0, 0.1) is 0 Å². The van der Waals surface area contributed by atoms with Gasteiger partial charge in [0.05, 0.1) is 0 Å². The van der Waals surface area contributed by atoms with E-state index in [9.17, 15) is 0 Å². The highest BCUT2D eigenvalue weighted by molar-refractivity contribution is 7.17. The van der Waals surface area contributed by atoms with Crippen molar-refractivity contribution >= 4 is 21.4 Å². The smallest absolute Gasteiger partial charge is 0.0484 e. The molecule has 0 aliphatic heterocycles. The summed E-state index contributed by atoms with van der Waals surface area (Å²) in [7, 11) is 0. The number of benzene rings is 1. The summed E-state index contributed by atoms with van der Waals surface area (Å²) in [5.41, 5.74) is 8.18. The molecule has 2 heterocycles. The van der Waals surface area contributed by atoms with Crippen LogP contribution in [0.3, 0.4) is 0 Å². The fourth-order valence-corrected chi connectivity index (χ4v) is 3.02. The molecule has 2 N–H and O–H groups in total. The first-order valence-corrected chi connectivity index (χ1v) is 6.54. The monoisotopic (exact) mass is 242 g/mol. The summed E-state index contributed by atoms with van der Waals surface area (Å²) in [5.74, 6) is 0. The van der Waals surface area contributed by atoms with Gasteiger partial charge in [-0.3, -0.25) is 0 Å². The lowest BCUT2D eigenvalue weighted by Crippen LogP contribution is -1.97. The summed E-state index contributed by atoms with van der Waals surface area (Å²) < 4.78 is 3.55. The zero-order valence-electron chi connectivity index (χ0n) is 9.47. The maximum Gasteiger partial charge on any atom is 0.0484 e. The first-order valence-electron chi connectivity index (χ1n) is 5.66. The van der Waals surface area contributed by atoms with Gasteiger partial charge in [0.25, 0.3) is 0 Å². The molecule has 0 saturated carbocycles. The Kier molecular flexibility index (Phi) is 2.71. The van der Waals surface area contributed by atoms with Gasteiger partial charge in [0.1, 0.15) is 0 Å². The molecule has 0 saturated heterocycles. The molecule has 0 atom stereocenters. The predicted molar refractivity (Wildman–Crippen MR) is 73.3 cm³/mol. The molecular weight excluding hydrogens is 228 g/mol. The molecule has 2 aromatic heterocycles. The molecule has 0 fully saturated rings. The van der Waals surface area contributed by atoms with Crippen LogP contribution in [0.5, 0.6) is 0 Å². The minimum atomic E-state index is 0.609. The average molecular weight is 242 g/mol. The molecule has 0 unspecified atom stereocenters. The molecule has 2 nitrogen and oxygen atoms in total. The molecule has 0 amide bonds. The van der Waals surface area contributed by atoms with E-state index in [1.807, 2.05) is 11.3 Å². The first kappa shape index (κ1) is 10.6. The lowest BCUT2D eigenvalue weighted by atomic mass is 10.2. The highest BCUT2D eigenvalue weighted by atomic mass is 32.1. The van der Waals surface area contributed by atoms with Gasteiger partial charge in [0.2, 0.25) is 0 Å². The Hall–Kier alpha value is -1.58. The number of hydrogen-bond acceptors (Lipinski definition) is 2. The summed E-state index contributed by atoms with van der Waals surface area (Å²) in [5, 5.41) is 3.60. The molecule has 17 heavy (non-hydrogen) atoms. The van der Waals surface area contributed by atoms with E-state index in [0.717, 1.165) is 6.54 Å². The number of aromatic nitrogens is 1. The molecular formula is C14H14N2S. The number of fused-ring (bicyclic) bond motifs is 1. The van der Waals surface area contributed by atoms with Crippen LogP contribution in [0.15, 0.2) is 48.1 Å². The Bertz CT molecular complexity index is 636. The molecule has 0 bridgehead atoms. The topological polar surface area (TPSA) is 30.9 Å². The van der Waals surface area contributed by atoms with Crippen molar-refractivity contribution in [3.05, 3.63) is 59.2 Å². The number of nitrogens with zero attached hydrogens (tertiary/aromatic N) is 1. The SMILES string of the molecule is NCc1ccn(Cc2csc3ccccc23)c1. The second-order valence-corrected chi connectivity index (χ2v) is 5.06. The van der Waals surface area contributed by atoms with Crippen molar-refractivity contribution in [2.75, 3.05) is 0 Å². The largest absolute Gasteiger partial charge is 0.350 e. The zero-order chi connectivity index (χ0) is 11.7. The van der Waals surface area contributed by atoms with Gasteiger partial charge in [-0.25, -0.2) is 0 Å². The van der Waals surface area contributed by atoms with Crippen LogP contribution in [0.2, 0.25) is 0 Å². The van der Waals surface area contributed by atoms with Crippen LogP contribution in [0.1, 0.15) is 11.1 Å². The van der Waals surface area contributed by atoms with E-state index >= 15 is 0 Å². The van der Waals surface area contributed by atoms with E-state index in [-0.39, 0.29) is 0 Å². The Morgan fingerprint density at radius 1 is 1.18 bits per heavy atom. The molecule has 0 aliphatic carbocycles. The van der Waals surface area contributed by atoms with Gasteiger partial charge in [0.15, 0.2) is 0 Å². The van der Waals surface area contributed by atoms with Crippen LogP contribution in [-0.4, -0.2) is 4.57 Å². The van der Waals surface area contributed by atoms with E-state index in [0.29, 0.717) is 6.54 Å². The molecule has 0 aliphatic rings. The minimum Gasteiger partial charge on any atom is -0.350 e. The Labute approximate surface area is 104 Å². The molecule has 0 spiro atoms. The van der Waals surface area contributed by atoms with Crippen LogP contribution < -0.4 is 5.73 Å². The first-order chi connectivity index (χ1) is 8.36. The Balaban J connectivity index is 1.94. The molecule has 1 aromatic carbocycles. The van der Waals surface area contributed by atoms with E-state index in [4.69, 9.17) is 5.73 Å². The van der Waals surface area contributed by atoms with Gasteiger partial charge < -0.3 is 10.3 Å². The molecule has 3 rings (SSSR count). The number of rotatable bonds is 3. The second kappa shape index (κ2) is 4.35. The van der Waals surface area contributed by atoms with E-state index in [1.165, 1.54) is 21.2 Å². The van der Waals surface area contributed by atoms with Gasteiger partial charge in [-0.1, -0.05) is 18.2 Å². The highest BCUT2D eigenvalue weighted by Gasteiger charge is 2.04. The van der Waals surface area contributed by atoms with Crippen LogP contribution in [0.25, 0.3) is 10.1 Å². The Morgan fingerprint density at radius 3 is 2.88 bits per heavy atom. The second-order valence-electron chi connectivity index (χ2n) is 4.15. The molecule has 0 radical (unpaired) electrons. The van der Waals surface area contributed by atoms with E-state index < -0.39 is 0 Å². The third-order valence-electron chi connectivity index (χ3n) is 2.96. The van der Waals surface area contributed by atoms with Gasteiger partial charge >= 0.3 is 0 Å². The fourth-order valence-electron chi connectivity index (χ4n) is 2.06. The van der Waals surface area contributed by atoms with Crippen LogP contribution in [0.4, 0.5) is 0 Å². The third-order valence-corrected chi connectivity index (χ3v) is 3.97. The summed E-state index contributed by atoms with van der Waals surface area (Å²) in [6.07, 6.45) is 4.21. The van der Waals surface area contributed by atoms with Crippen LogP contribution >= 0.6 is 11.3 Å². The maximum absolute atomic E-state index is 5.62. The zero-order valence-corrected chi connectivity index (χ0v) is 10.3. The van der Waals surface area contributed by atoms with Crippen molar-refractivity contribution in [2.45, 2.75) is 13.1 Å². The standard InChI is InChI=1S/C14H14N2S/c15-7-11-5-6-16(8-11)9-12-10-17-14-4-2-1-3-13(12)14/h1-6,8,10H,7,9,15H2. The van der Waals surface area contributed by atoms with Crippen LogP contribution in [-0.2, 0) is 13.1 Å². The molecule has 3 heteroatoms. The molecule has 86 valence electrons.